The monoisotopic (exact) mass is 326 g/mol. The molecule has 2 amide bonds. The van der Waals surface area contributed by atoms with Crippen molar-refractivity contribution < 1.29 is 19.5 Å². The topological polar surface area (TPSA) is 78.9 Å². The van der Waals surface area contributed by atoms with Crippen LogP contribution in [0.15, 0.2) is 42.5 Å². The van der Waals surface area contributed by atoms with E-state index in [1.807, 2.05) is 6.07 Å². The van der Waals surface area contributed by atoms with Crippen molar-refractivity contribution in [2.24, 2.45) is 0 Å². The van der Waals surface area contributed by atoms with E-state index in [2.05, 4.69) is 0 Å². The summed E-state index contributed by atoms with van der Waals surface area (Å²) in [6.45, 7) is 0.585. The van der Waals surface area contributed by atoms with Crippen molar-refractivity contribution in [3.05, 3.63) is 59.2 Å². The summed E-state index contributed by atoms with van der Waals surface area (Å²) in [5, 5.41) is 8.80. The van der Waals surface area contributed by atoms with Gasteiger partial charge in [0.15, 0.2) is 0 Å². The van der Waals surface area contributed by atoms with Crippen molar-refractivity contribution in [1.82, 2.24) is 5.48 Å². The summed E-state index contributed by atoms with van der Waals surface area (Å²) in [6.07, 6.45) is 1.71. The number of carbonyl (C=O) groups is 2. The molecule has 0 saturated heterocycles. The first kappa shape index (κ1) is 16.0. The van der Waals surface area contributed by atoms with E-state index < -0.39 is 5.91 Å². The summed E-state index contributed by atoms with van der Waals surface area (Å²) in [4.78, 5) is 26.2. The van der Waals surface area contributed by atoms with E-state index in [0.717, 1.165) is 18.4 Å². The van der Waals surface area contributed by atoms with E-state index in [1.54, 1.807) is 53.9 Å². The van der Waals surface area contributed by atoms with Gasteiger partial charge in [0, 0.05) is 23.4 Å². The van der Waals surface area contributed by atoms with Gasteiger partial charge in [0.1, 0.15) is 5.75 Å². The first-order valence-corrected chi connectivity index (χ1v) is 7.67. The van der Waals surface area contributed by atoms with Crippen LogP contribution in [0.2, 0.25) is 0 Å². The van der Waals surface area contributed by atoms with Crippen molar-refractivity contribution in [2.45, 2.75) is 12.8 Å². The lowest BCUT2D eigenvalue weighted by molar-refractivity contribution is 0.0706. The summed E-state index contributed by atoms with van der Waals surface area (Å²) in [5.41, 5.74) is 4.21. The maximum atomic E-state index is 12.8. The van der Waals surface area contributed by atoms with Gasteiger partial charge in [0.25, 0.3) is 11.8 Å². The SMILES string of the molecule is COc1ccc(C(=O)N2CCCc3ccc(C(=O)NO)cc32)cc1. The second-order valence-corrected chi connectivity index (χ2v) is 5.57. The maximum Gasteiger partial charge on any atom is 0.274 e. The van der Waals surface area contributed by atoms with Crippen LogP contribution < -0.4 is 15.1 Å². The average molecular weight is 326 g/mol. The smallest absolute Gasteiger partial charge is 0.274 e. The number of carbonyl (C=O) groups excluding carboxylic acids is 2. The molecule has 1 aliphatic heterocycles. The predicted octanol–water partition coefficient (Wildman–Crippen LogP) is 2.41. The number of benzene rings is 2. The zero-order valence-electron chi connectivity index (χ0n) is 13.3. The lowest BCUT2D eigenvalue weighted by atomic mass is 9.98. The van der Waals surface area contributed by atoms with Crippen LogP contribution in [0, 0.1) is 0 Å². The fourth-order valence-corrected chi connectivity index (χ4v) is 2.88. The Kier molecular flexibility index (Phi) is 4.48. The lowest BCUT2D eigenvalue weighted by Gasteiger charge is -2.30. The Bertz CT molecular complexity index is 771. The average Bonchev–Trinajstić information content (AvgIpc) is 2.66. The van der Waals surface area contributed by atoms with Crippen molar-refractivity contribution in [1.29, 1.82) is 0 Å². The first-order chi connectivity index (χ1) is 11.6. The van der Waals surface area contributed by atoms with E-state index in [9.17, 15) is 9.59 Å². The lowest BCUT2D eigenvalue weighted by Crippen LogP contribution is -2.35. The van der Waals surface area contributed by atoms with Crippen LogP contribution >= 0.6 is 0 Å². The van der Waals surface area contributed by atoms with Crippen LogP contribution in [0.1, 0.15) is 32.7 Å². The molecule has 6 nitrogen and oxygen atoms in total. The largest absolute Gasteiger partial charge is 0.497 e. The molecule has 0 unspecified atom stereocenters. The van der Waals surface area contributed by atoms with Crippen molar-refractivity contribution in [3.8, 4) is 5.75 Å². The molecule has 1 aliphatic rings. The minimum Gasteiger partial charge on any atom is -0.497 e. The van der Waals surface area contributed by atoms with Crippen LogP contribution in [-0.4, -0.2) is 30.7 Å². The number of fused-ring (bicyclic) bond motifs is 1. The van der Waals surface area contributed by atoms with E-state index in [4.69, 9.17) is 9.94 Å². The van der Waals surface area contributed by atoms with Gasteiger partial charge in [0.2, 0.25) is 0 Å². The normalized spacial score (nSPS) is 13.2. The predicted molar refractivity (Wildman–Crippen MR) is 88.7 cm³/mol. The summed E-state index contributed by atoms with van der Waals surface area (Å²) < 4.78 is 5.11. The van der Waals surface area contributed by atoms with Gasteiger partial charge < -0.3 is 9.64 Å². The Hall–Kier alpha value is -2.86. The van der Waals surface area contributed by atoms with Gasteiger partial charge in [-0.3, -0.25) is 14.8 Å². The van der Waals surface area contributed by atoms with Gasteiger partial charge >= 0.3 is 0 Å². The number of methoxy groups -OCH3 is 1. The molecule has 24 heavy (non-hydrogen) atoms. The highest BCUT2D eigenvalue weighted by Crippen LogP contribution is 2.30. The van der Waals surface area contributed by atoms with Gasteiger partial charge in [-0.25, -0.2) is 5.48 Å². The molecule has 0 spiro atoms. The number of aryl methyl sites for hydroxylation is 1. The number of nitrogens with zero attached hydrogens (tertiary/aromatic N) is 1. The summed E-state index contributed by atoms with van der Waals surface area (Å²) in [5.74, 6) is -0.0344. The third kappa shape index (κ3) is 2.96. The molecule has 0 atom stereocenters. The van der Waals surface area contributed by atoms with E-state index >= 15 is 0 Å². The molecule has 2 aromatic carbocycles. The van der Waals surface area contributed by atoms with Crippen molar-refractivity contribution in [3.63, 3.8) is 0 Å². The fraction of sp³-hybridized carbons (Fsp3) is 0.222. The third-order valence-corrected chi connectivity index (χ3v) is 4.15. The molecule has 0 bridgehead atoms. The number of rotatable bonds is 3. The molecule has 6 heteroatoms. The van der Waals surface area contributed by atoms with Gasteiger partial charge in [-0.05, 0) is 54.8 Å². The van der Waals surface area contributed by atoms with E-state index in [-0.39, 0.29) is 5.91 Å². The zero-order valence-corrected chi connectivity index (χ0v) is 13.3. The van der Waals surface area contributed by atoms with Crippen LogP contribution in [0.5, 0.6) is 5.75 Å². The molecule has 0 aromatic heterocycles. The highest BCUT2D eigenvalue weighted by Gasteiger charge is 2.24. The number of ether oxygens (including phenoxy) is 1. The molecular weight excluding hydrogens is 308 g/mol. The van der Waals surface area contributed by atoms with Gasteiger partial charge in [-0.1, -0.05) is 6.07 Å². The summed E-state index contributed by atoms with van der Waals surface area (Å²) >= 11 is 0. The van der Waals surface area contributed by atoms with Crippen LogP contribution in [-0.2, 0) is 6.42 Å². The number of hydrogen-bond donors (Lipinski definition) is 2. The minimum absolute atomic E-state index is 0.125. The summed E-state index contributed by atoms with van der Waals surface area (Å²) in [7, 11) is 1.57. The van der Waals surface area contributed by atoms with Crippen LogP contribution in [0.4, 0.5) is 5.69 Å². The second kappa shape index (κ2) is 6.72. The Morgan fingerprint density at radius 1 is 1.12 bits per heavy atom. The quantitative estimate of drug-likeness (QED) is 0.670. The molecule has 0 radical (unpaired) electrons. The zero-order chi connectivity index (χ0) is 17.1. The Balaban J connectivity index is 1.95. The molecule has 1 heterocycles. The number of nitrogens with one attached hydrogen (secondary N) is 1. The van der Waals surface area contributed by atoms with E-state index in [0.29, 0.717) is 29.1 Å². The molecule has 0 fully saturated rings. The number of hydrogen-bond acceptors (Lipinski definition) is 4. The minimum atomic E-state index is -0.597. The molecule has 2 N–H and O–H groups in total. The van der Waals surface area contributed by atoms with Gasteiger partial charge in [0.05, 0.1) is 7.11 Å². The second-order valence-electron chi connectivity index (χ2n) is 5.57. The van der Waals surface area contributed by atoms with Gasteiger partial charge in [-0.15, -0.1) is 0 Å². The number of hydroxylamine groups is 1. The van der Waals surface area contributed by atoms with Gasteiger partial charge in [-0.2, -0.15) is 0 Å². The Morgan fingerprint density at radius 3 is 2.50 bits per heavy atom. The molecular formula is C18H18N2O4. The molecule has 3 rings (SSSR count). The molecule has 2 aromatic rings. The van der Waals surface area contributed by atoms with Crippen molar-refractivity contribution >= 4 is 17.5 Å². The standard InChI is InChI=1S/C18H18N2O4/c1-24-15-8-6-13(7-9-15)18(22)20-10-2-3-12-4-5-14(11-16(12)20)17(21)19-23/h4-9,11,23H,2-3,10H2,1H3,(H,19,21). The Labute approximate surface area is 139 Å². The highest BCUT2D eigenvalue weighted by molar-refractivity contribution is 6.07. The molecule has 0 aliphatic carbocycles. The number of amides is 2. The fourth-order valence-electron chi connectivity index (χ4n) is 2.88. The summed E-state index contributed by atoms with van der Waals surface area (Å²) in [6, 6.07) is 12.0. The Morgan fingerprint density at radius 2 is 1.83 bits per heavy atom. The highest BCUT2D eigenvalue weighted by atomic mass is 16.5. The van der Waals surface area contributed by atoms with Crippen LogP contribution in [0.25, 0.3) is 0 Å². The maximum absolute atomic E-state index is 12.8. The number of anilines is 1. The molecule has 124 valence electrons. The van der Waals surface area contributed by atoms with Crippen LogP contribution in [0.3, 0.4) is 0 Å². The third-order valence-electron chi connectivity index (χ3n) is 4.15. The van der Waals surface area contributed by atoms with Crippen molar-refractivity contribution in [2.75, 3.05) is 18.6 Å². The van der Waals surface area contributed by atoms with E-state index in [1.165, 1.54) is 0 Å². The molecule has 0 saturated carbocycles. The first-order valence-electron chi connectivity index (χ1n) is 7.67.